The summed E-state index contributed by atoms with van der Waals surface area (Å²) in [4.78, 5) is 51.4. The average molecular weight is 419 g/mol. The maximum atomic E-state index is 13.2. The molecule has 1 aromatic carbocycles. The fourth-order valence-electron chi connectivity index (χ4n) is 2.96. The van der Waals surface area contributed by atoms with Gasteiger partial charge >= 0.3 is 12.1 Å². The van der Waals surface area contributed by atoms with E-state index in [9.17, 15) is 23.6 Å². The molecule has 0 N–H and O–H groups in total. The van der Waals surface area contributed by atoms with Crippen molar-refractivity contribution in [3.8, 4) is 0 Å². The maximum absolute atomic E-state index is 13.2. The average Bonchev–Trinajstić information content (AvgIpc) is 2.81. The second-order valence-electron chi connectivity index (χ2n) is 7.91. The van der Waals surface area contributed by atoms with Gasteiger partial charge in [-0.1, -0.05) is 12.1 Å². The fourth-order valence-corrected chi connectivity index (χ4v) is 2.96. The summed E-state index contributed by atoms with van der Waals surface area (Å²) in [6.07, 6.45) is 0.816. The molecule has 162 valence electrons. The Kier molecular flexibility index (Phi) is 7.48. The largest absolute Gasteiger partial charge is 0.460 e. The molecular formula is C22H26FNO6. The Labute approximate surface area is 174 Å². The zero-order valence-corrected chi connectivity index (χ0v) is 17.6. The number of ether oxygens (including phenoxy) is 2. The predicted molar refractivity (Wildman–Crippen MR) is 107 cm³/mol. The molecule has 0 aliphatic carbocycles. The Morgan fingerprint density at radius 3 is 2.40 bits per heavy atom. The number of hydrogen-bond acceptors (Lipinski definition) is 6. The van der Waals surface area contributed by atoms with Crippen LogP contribution in [0.5, 0.6) is 0 Å². The lowest BCUT2D eigenvalue weighted by Gasteiger charge is -2.26. The number of likely N-dealkylation sites (tertiary alicyclic amines) is 1. The second kappa shape index (κ2) is 9.65. The van der Waals surface area contributed by atoms with Crippen molar-refractivity contribution in [3.05, 3.63) is 41.2 Å². The summed E-state index contributed by atoms with van der Waals surface area (Å²) in [5.41, 5.74) is -0.0743. The highest BCUT2D eigenvalue weighted by Gasteiger charge is 2.38. The van der Waals surface area contributed by atoms with E-state index in [0.29, 0.717) is 5.56 Å². The van der Waals surface area contributed by atoms with Gasteiger partial charge < -0.3 is 14.4 Å². The van der Waals surface area contributed by atoms with Crippen LogP contribution in [0.4, 0.5) is 9.18 Å². The summed E-state index contributed by atoms with van der Waals surface area (Å²) >= 11 is 0. The van der Waals surface area contributed by atoms with Crippen LogP contribution >= 0.6 is 0 Å². The Hall–Kier alpha value is -3.03. The summed E-state index contributed by atoms with van der Waals surface area (Å²) in [5.74, 6) is -4.29. The van der Waals surface area contributed by atoms with E-state index in [-0.39, 0.29) is 31.7 Å². The van der Waals surface area contributed by atoms with E-state index >= 15 is 0 Å². The number of ketones is 2. The standard InChI is InChI=1S/C22H26FNO6/c1-5-29-20(27)19(26)17-10-11-24(21(28)30-22(2,3)4)13-15(18(17)25)12-14-6-8-16(23)9-7-14/h6-9,12,17H,5,10-11,13H2,1-4H3. The molecule has 1 unspecified atom stereocenters. The predicted octanol–water partition coefficient (Wildman–Crippen LogP) is 3.17. The quantitative estimate of drug-likeness (QED) is 0.322. The van der Waals surface area contributed by atoms with Crippen molar-refractivity contribution >= 4 is 29.7 Å². The lowest BCUT2D eigenvalue weighted by Crippen LogP contribution is -2.38. The van der Waals surface area contributed by atoms with E-state index in [1.165, 1.54) is 35.2 Å². The topological polar surface area (TPSA) is 90.0 Å². The van der Waals surface area contributed by atoms with E-state index in [0.717, 1.165) is 0 Å². The molecule has 1 amide bonds. The highest BCUT2D eigenvalue weighted by atomic mass is 19.1. The van der Waals surface area contributed by atoms with Crippen LogP contribution in [0, 0.1) is 11.7 Å². The molecule has 1 heterocycles. The molecule has 30 heavy (non-hydrogen) atoms. The van der Waals surface area contributed by atoms with Gasteiger partial charge in [-0.05, 0) is 57.9 Å². The van der Waals surface area contributed by atoms with E-state index in [2.05, 4.69) is 0 Å². The first-order valence-corrected chi connectivity index (χ1v) is 9.71. The van der Waals surface area contributed by atoms with Crippen LogP contribution in [0.3, 0.4) is 0 Å². The molecule has 0 spiro atoms. The number of rotatable bonds is 4. The monoisotopic (exact) mass is 419 g/mol. The van der Waals surface area contributed by atoms with E-state index in [4.69, 9.17) is 9.47 Å². The first kappa shape index (κ1) is 23.3. The number of benzene rings is 1. The zero-order chi connectivity index (χ0) is 22.5. The Morgan fingerprint density at radius 1 is 1.20 bits per heavy atom. The summed E-state index contributed by atoms with van der Waals surface area (Å²) in [5, 5.41) is 0. The second-order valence-corrected chi connectivity index (χ2v) is 7.91. The number of carbonyl (C=O) groups excluding carboxylic acids is 4. The minimum atomic E-state index is -1.26. The number of hydrogen-bond donors (Lipinski definition) is 0. The van der Waals surface area contributed by atoms with Gasteiger partial charge in [0.15, 0.2) is 5.78 Å². The van der Waals surface area contributed by atoms with Crippen molar-refractivity contribution in [2.75, 3.05) is 19.7 Å². The summed E-state index contributed by atoms with van der Waals surface area (Å²) in [7, 11) is 0. The Morgan fingerprint density at radius 2 is 1.83 bits per heavy atom. The molecule has 1 aliphatic rings. The Balaban J connectivity index is 2.39. The van der Waals surface area contributed by atoms with Gasteiger partial charge in [0, 0.05) is 12.1 Å². The lowest BCUT2D eigenvalue weighted by molar-refractivity contribution is -0.156. The van der Waals surface area contributed by atoms with Crippen molar-refractivity contribution in [1.82, 2.24) is 4.90 Å². The van der Waals surface area contributed by atoms with E-state index in [1.807, 2.05) is 0 Å². The molecule has 1 aromatic rings. The van der Waals surface area contributed by atoms with Gasteiger partial charge in [-0.2, -0.15) is 0 Å². The molecule has 0 radical (unpaired) electrons. The molecule has 8 heteroatoms. The zero-order valence-electron chi connectivity index (χ0n) is 17.6. The van der Waals surface area contributed by atoms with Gasteiger partial charge in [-0.25, -0.2) is 14.0 Å². The van der Waals surface area contributed by atoms with Crippen LogP contribution in [-0.4, -0.2) is 53.8 Å². The molecule has 1 saturated heterocycles. The van der Waals surface area contributed by atoms with Crippen molar-refractivity contribution in [3.63, 3.8) is 0 Å². The van der Waals surface area contributed by atoms with Crippen molar-refractivity contribution in [1.29, 1.82) is 0 Å². The van der Waals surface area contributed by atoms with Crippen LogP contribution in [-0.2, 0) is 23.9 Å². The minimum Gasteiger partial charge on any atom is -0.460 e. The molecule has 2 rings (SSSR count). The lowest BCUT2D eigenvalue weighted by atomic mass is 9.91. The number of esters is 1. The van der Waals surface area contributed by atoms with Gasteiger partial charge in [0.1, 0.15) is 11.4 Å². The molecule has 1 fully saturated rings. The van der Waals surface area contributed by atoms with Crippen LogP contribution in [0.1, 0.15) is 39.7 Å². The third kappa shape index (κ3) is 6.23. The number of Topliss-reactive ketones (excluding diaryl/α,β-unsaturated/α-hetero) is 2. The van der Waals surface area contributed by atoms with Gasteiger partial charge in [0.2, 0.25) is 0 Å². The summed E-state index contributed by atoms with van der Waals surface area (Å²) in [6.45, 7) is 6.68. The van der Waals surface area contributed by atoms with E-state index in [1.54, 1.807) is 27.7 Å². The number of nitrogens with zero attached hydrogens (tertiary/aromatic N) is 1. The van der Waals surface area contributed by atoms with Crippen molar-refractivity contribution in [2.45, 2.75) is 39.7 Å². The van der Waals surface area contributed by atoms with Gasteiger partial charge in [-0.15, -0.1) is 0 Å². The van der Waals surface area contributed by atoms with Gasteiger partial charge in [0.25, 0.3) is 5.78 Å². The minimum absolute atomic E-state index is 0.00773. The van der Waals surface area contributed by atoms with Gasteiger partial charge in [0.05, 0.1) is 19.1 Å². The first-order chi connectivity index (χ1) is 14.0. The van der Waals surface area contributed by atoms with Crippen molar-refractivity contribution < 1.29 is 33.0 Å². The SMILES string of the molecule is CCOC(=O)C(=O)C1CCN(C(=O)OC(C)(C)C)CC(=Cc2ccc(F)cc2)C1=O. The first-order valence-electron chi connectivity index (χ1n) is 9.71. The molecule has 0 bridgehead atoms. The van der Waals surface area contributed by atoms with Crippen LogP contribution < -0.4 is 0 Å². The third-order valence-corrected chi connectivity index (χ3v) is 4.34. The maximum Gasteiger partial charge on any atom is 0.410 e. The molecule has 1 atom stereocenters. The number of amides is 1. The molecule has 7 nitrogen and oxygen atoms in total. The molecule has 0 saturated carbocycles. The Bertz CT molecular complexity index is 853. The van der Waals surface area contributed by atoms with E-state index < -0.39 is 41.0 Å². The number of carbonyl (C=O) groups is 4. The fraction of sp³-hybridized carbons (Fsp3) is 0.455. The summed E-state index contributed by atoms with van der Waals surface area (Å²) in [6, 6.07) is 5.42. The van der Waals surface area contributed by atoms with Crippen molar-refractivity contribution in [2.24, 2.45) is 5.92 Å². The molecule has 0 aromatic heterocycles. The molecule has 1 aliphatic heterocycles. The smallest absolute Gasteiger partial charge is 0.410 e. The van der Waals surface area contributed by atoms with Crippen LogP contribution in [0.2, 0.25) is 0 Å². The number of halogens is 1. The third-order valence-electron chi connectivity index (χ3n) is 4.34. The highest BCUT2D eigenvalue weighted by molar-refractivity contribution is 6.39. The summed E-state index contributed by atoms with van der Waals surface area (Å²) < 4.78 is 23.3. The van der Waals surface area contributed by atoms with Crippen LogP contribution in [0.15, 0.2) is 29.8 Å². The molecular weight excluding hydrogens is 393 g/mol. The van der Waals surface area contributed by atoms with Gasteiger partial charge in [-0.3, -0.25) is 9.59 Å². The highest BCUT2D eigenvalue weighted by Crippen LogP contribution is 2.24. The normalized spacial score (nSPS) is 18.7. The van der Waals surface area contributed by atoms with Crippen LogP contribution in [0.25, 0.3) is 6.08 Å².